The van der Waals surface area contributed by atoms with Crippen molar-refractivity contribution in [3.8, 4) is 11.4 Å². The summed E-state index contributed by atoms with van der Waals surface area (Å²) in [6.45, 7) is 0.313. The van der Waals surface area contributed by atoms with E-state index in [1.54, 1.807) is 36.7 Å². The van der Waals surface area contributed by atoms with E-state index in [0.29, 0.717) is 29.2 Å². The molecule has 11 heteroatoms. The van der Waals surface area contributed by atoms with E-state index in [-0.39, 0.29) is 16.8 Å². The molecular weight excluding hydrogens is 384 g/mol. The van der Waals surface area contributed by atoms with Gasteiger partial charge in [0.05, 0.1) is 5.75 Å². The number of carbonyl (C=O) groups is 2. The molecule has 144 valence electrons. The highest BCUT2D eigenvalue weighted by Gasteiger charge is 2.15. The minimum atomic E-state index is -0.971. The Bertz CT molecular complexity index is 979. The third kappa shape index (κ3) is 5.13. The van der Waals surface area contributed by atoms with Crippen LogP contribution < -0.4 is 10.8 Å². The standard InChI is InChI=1S/C17H16N6O4S/c24-14(25)9-28-17-20-15(21-22-17)11-4-12(6-13(5-11)23-27)16(26)19-8-10-2-1-3-18-7-10/h1-7,23,27H,8-9H2,(H,19,26)(H,24,25)(H,20,21,22)/p+1. The van der Waals surface area contributed by atoms with Gasteiger partial charge in [-0.25, -0.2) is 10.2 Å². The Morgan fingerprint density at radius 3 is 2.86 bits per heavy atom. The van der Waals surface area contributed by atoms with Crippen molar-refractivity contribution in [2.24, 2.45) is 0 Å². The Morgan fingerprint density at radius 1 is 1.29 bits per heavy atom. The van der Waals surface area contributed by atoms with Crippen LogP contribution in [0.1, 0.15) is 15.9 Å². The van der Waals surface area contributed by atoms with E-state index in [4.69, 9.17) is 5.11 Å². The van der Waals surface area contributed by atoms with Gasteiger partial charge >= 0.3 is 5.97 Å². The van der Waals surface area contributed by atoms with E-state index in [1.165, 1.54) is 0 Å². The lowest BCUT2D eigenvalue weighted by Crippen LogP contribution is -2.73. The minimum Gasteiger partial charge on any atom is -0.481 e. The predicted molar refractivity (Wildman–Crippen MR) is 99.0 cm³/mol. The van der Waals surface area contributed by atoms with Crippen LogP contribution in [0, 0.1) is 0 Å². The number of nitrogens with one attached hydrogen (secondary N) is 2. The summed E-state index contributed by atoms with van der Waals surface area (Å²) >= 11 is 0.975. The molecule has 1 amide bonds. The van der Waals surface area contributed by atoms with Crippen LogP contribution in [-0.4, -0.2) is 48.1 Å². The number of aromatic nitrogens is 4. The zero-order chi connectivity index (χ0) is 19.9. The van der Waals surface area contributed by atoms with Crippen molar-refractivity contribution in [3.63, 3.8) is 0 Å². The van der Waals surface area contributed by atoms with Crippen LogP contribution in [0.5, 0.6) is 0 Å². The van der Waals surface area contributed by atoms with Crippen molar-refractivity contribution in [2.45, 2.75) is 11.7 Å². The minimum absolute atomic E-state index is 0.163. The Morgan fingerprint density at radius 2 is 2.14 bits per heavy atom. The quantitative estimate of drug-likeness (QED) is 0.208. The van der Waals surface area contributed by atoms with Gasteiger partial charge in [-0.05, 0) is 17.7 Å². The van der Waals surface area contributed by atoms with Crippen LogP contribution in [0.25, 0.3) is 11.4 Å². The number of carbonyl (C=O) groups excluding carboxylic acids is 1. The average Bonchev–Trinajstić information content (AvgIpc) is 3.20. The van der Waals surface area contributed by atoms with Gasteiger partial charge in [0.2, 0.25) is 5.16 Å². The normalized spacial score (nSPS) is 10.6. The van der Waals surface area contributed by atoms with Crippen LogP contribution in [0.15, 0.2) is 47.9 Å². The fourth-order valence-electron chi connectivity index (χ4n) is 2.35. The summed E-state index contributed by atoms with van der Waals surface area (Å²) in [5.41, 5.74) is 3.02. The van der Waals surface area contributed by atoms with Crippen molar-refractivity contribution in [2.75, 3.05) is 5.75 Å². The zero-order valence-electron chi connectivity index (χ0n) is 14.5. The summed E-state index contributed by atoms with van der Waals surface area (Å²) in [4.78, 5) is 31.4. The van der Waals surface area contributed by atoms with Crippen LogP contribution in [0.4, 0.5) is 5.69 Å². The molecule has 3 rings (SSSR count). The summed E-state index contributed by atoms with van der Waals surface area (Å²) in [5.74, 6) is -1.10. The molecule has 3 aromatic rings. The monoisotopic (exact) mass is 401 g/mol. The van der Waals surface area contributed by atoms with Crippen molar-refractivity contribution in [3.05, 3.63) is 53.9 Å². The number of quaternary nitrogens is 1. The van der Waals surface area contributed by atoms with Gasteiger partial charge in [-0.3, -0.25) is 19.7 Å². The molecule has 2 aromatic heterocycles. The van der Waals surface area contributed by atoms with Crippen molar-refractivity contribution >= 4 is 29.3 Å². The number of carboxylic acids is 1. The van der Waals surface area contributed by atoms with E-state index in [9.17, 15) is 14.8 Å². The SMILES string of the molecule is O=C(O)CSc1n[nH]c(-c2cc([NH2+]O)cc(C(=O)NCc3cccnc3)c2)n1. The largest absolute Gasteiger partial charge is 0.481 e. The molecule has 0 fully saturated rings. The lowest BCUT2D eigenvalue weighted by molar-refractivity contribution is -0.825. The Kier molecular flexibility index (Phi) is 6.32. The Balaban J connectivity index is 1.78. The molecule has 28 heavy (non-hydrogen) atoms. The fraction of sp³-hybridized carbons (Fsp3) is 0.118. The van der Waals surface area contributed by atoms with Gasteiger partial charge in [-0.2, -0.15) is 5.48 Å². The maximum Gasteiger partial charge on any atom is 0.313 e. The second kappa shape index (κ2) is 9.08. The fourth-order valence-corrected chi connectivity index (χ4v) is 2.87. The number of hydrogen-bond acceptors (Lipinski definition) is 7. The number of aliphatic carboxylic acids is 1. The first-order chi connectivity index (χ1) is 13.5. The van der Waals surface area contributed by atoms with Crippen LogP contribution in [0.3, 0.4) is 0 Å². The first-order valence-corrected chi connectivity index (χ1v) is 9.10. The van der Waals surface area contributed by atoms with Gasteiger partial charge in [-0.1, -0.05) is 17.8 Å². The highest BCUT2D eigenvalue weighted by atomic mass is 32.2. The predicted octanol–water partition coefficient (Wildman–Crippen LogP) is 0.557. The maximum absolute atomic E-state index is 12.5. The molecule has 2 heterocycles. The number of pyridine rings is 1. The number of nitrogens with zero attached hydrogens (tertiary/aromatic N) is 3. The van der Waals surface area contributed by atoms with Gasteiger partial charge in [0.1, 0.15) is 0 Å². The summed E-state index contributed by atoms with van der Waals surface area (Å²) in [5, 5.41) is 27.9. The molecule has 0 unspecified atom stereocenters. The summed E-state index contributed by atoms with van der Waals surface area (Å²) in [6, 6.07) is 8.41. The number of hydrogen-bond donors (Lipinski definition) is 5. The number of carboxylic acid groups (broad SMARTS) is 1. The summed E-state index contributed by atoms with van der Waals surface area (Å²) < 4.78 is 0. The number of H-pyrrole nitrogens is 1. The number of amides is 1. The molecular formula is C17H17N6O4S+. The number of benzene rings is 1. The van der Waals surface area contributed by atoms with Gasteiger partial charge < -0.3 is 10.4 Å². The van der Waals surface area contributed by atoms with Gasteiger partial charge in [0.25, 0.3) is 5.91 Å². The molecule has 6 N–H and O–H groups in total. The van der Waals surface area contributed by atoms with Crippen molar-refractivity contribution in [1.82, 2.24) is 25.5 Å². The van der Waals surface area contributed by atoms with Crippen LogP contribution in [-0.2, 0) is 11.3 Å². The number of thioether (sulfide) groups is 1. The van der Waals surface area contributed by atoms with Crippen LogP contribution >= 0.6 is 11.8 Å². The zero-order valence-corrected chi connectivity index (χ0v) is 15.3. The lowest BCUT2D eigenvalue weighted by atomic mass is 10.1. The van der Waals surface area contributed by atoms with E-state index in [2.05, 4.69) is 25.5 Å². The summed E-state index contributed by atoms with van der Waals surface area (Å²) in [6.07, 6.45) is 3.31. The third-order valence-electron chi connectivity index (χ3n) is 3.61. The van der Waals surface area contributed by atoms with Crippen molar-refractivity contribution in [1.29, 1.82) is 0 Å². The van der Waals surface area contributed by atoms with Crippen LogP contribution in [0.2, 0.25) is 0 Å². The second-order valence-corrected chi connectivity index (χ2v) is 6.61. The van der Waals surface area contributed by atoms with Gasteiger partial charge in [-0.15, -0.1) is 5.10 Å². The van der Waals surface area contributed by atoms with Crippen molar-refractivity contribution < 1.29 is 25.4 Å². The Hall–Kier alpha value is -3.28. The topological polar surface area (TPSA) is 158 Å². The third-order valence-corrected chi connectivity index (χ3v) is 4.44. The molecule has 0 atom stereocenters. The first-order valence-electron chi connectivity index (χ1n) is 8.12. The van der Waals surface area contributed by atoms with E-state index < -0.39 is 5.97 Å². The molecule has 10 nitrogen and oxygen atoms in total. The number of aromatic amines is 1. The average molecular weight is 401 g/mol. The molecule has 0 aliphatic carbocycles. The molecule has 0 spiro atoms. The second-order valence-electron chi connectivity index (χ2n) is 5.67. The molecule has 0 radical (unpaired) electrons. The summed E-state index contributed by atoms with van der Waals surface area (Å²) in [7, 11) is 0. The van der Waals surface area contributed by atoms with E-state index in [1.807, 2.05) is 6.07 Å². The highest BCUT2D eigenvalue weighted by molar-refractivity contribution is 7.99. The Labute approximate surface area is 163 Å². The first kappa shape index (κ1) is 19.5. The molecule has 1 aromatic carbocycles. The van der Waals surface area contributed by atoms with E-state index >= 15 is 0 Å². The van der Waals surface area contributed by atoms with Gasteiger partial charge in [0, 0.05) is 42.2 Å². The number of nitrogens with two attached hydrogens (primary N) is 1. The number of rotatable bonds is 8. The maximum atomic E-state index is 12.5. The van der Waals surface area contributed by atoms with E-state index in [0.717, 1.165) is 22.8 Å². The lowest BCUT2D eigenvalue weighted by Gasteiger charge is -2.07. The molecule has 0 saturated heterocycles. The molecule has 0 aliphatic rings. The molecule has 0 bridgehead atoms. The molecule has 0 saturated carbocycles. The van der Waals surface area contributed by atoms with Gasteiger partial charge in [0.15, 0.2) is 11.5 Å². The molecule has 0 aliphatic heterocycles. The highest BCUT2D eigenvalue weighted by Crippen LogP contribution is 2.22. The smallest absolute Gasteiger partial charge is 0.313 e.